The molecule has 0 atom stereocenters. The molecule has 2 fully saturated rings. The van der Waals surface area contributed by atoms with E-state index in [0.29, 0.717) is 0 Å². The Labute approximate surface area is 279 Å². The number of carbonyl (C=O) groups is 6. The molecule has 4 rings (SSSR count). The normalized spacial score (nSPS) is 16.3. The number of nitrogens with one attached hydrogen (secondary N) is 4. The number of amides is 6. The summed E-state index contributed by atoms with van der Waals surface area (Å²) in [6.45, 7) is -0.218. The van der Waals surface area contributed by atoms with Crippen molar-refractivity contribution in [2.45, 2.75) is 12.8 Å². The molecule has 12 nitrogen and oxygen atoms in total. The molecule has 2 aliphatic heterocycles. The zero-order valence-corrected chi connectivity index (χ0v) is 27.0. The lowest BCUT2D eigenvalue weighted by atomic mass is 10.2. The van der Waals surface area contributed by atoms with E-state index in [1.165, 1.54) is 34.1 Å². The van der Waals surface area contributed by atoms with Crippen LogP contribution < -0.4 is 21.7 Å². The molecule has 0 spiro atoms. The highest BCUT2D eigenvalue weighted by Gasteiger charge is 2.42. The molecule has 2 aliphatic rings. The van der Waals surface area contributed by atoms with Crippen molar-refractivity contribution in [3.8, 4) is 0 Å². The van der Waals surface area contributed by atoms with E-state index in [4.69, 9.17) is 47.6 Å². The van der Waals surface area contributed by atoms with Gasteiger partial charge < -0.3 is 0 Å². The molecule has 0 bridgehead atoms. The van der Waals surface area contributed by atoms with E-state index in [1.807, 2.05) is 0 Å². The molecule has 0 radical (unpaired) electrons. The van der Waals surface area contributed by atoms with Gasteiger partial charge in [-0.05, 0) is 24.3 Å². The van der Waals surface area contributed by atoms with Crippen LogP contribution in [0.5, 0.6) is 0 Å². The van der Waals surface area contributed by atoms with E-state index in [2.05, 4.69) is 21.7 Å². The second-order valence-electron chi connectivity index (χ2n) is 8.77. The number of carbonyl (C=O) groups excluding carboxylic acids is 6. The van der Waals surface area contributed by atoms with Crippen molar-refractivity contribution in [2.24, 2.45) is 0 Å². The van der Waals surface area contributed by atoms with Crippen molar-refractivity contribution < 1.29 is 28.8 Å². The van der Waals surface area contributed by atoms with E-state index >= 15 is 0 Å². The number of rotatable bonds is 8. The fourth-order valence-electron chi connectivity index (χ4n) is 3.69. The lowest BCUT2D eigenvalue weighted by molar-refractivity contribution is -0.126. The molecule has 0 unspecified atom stereocenters. The van der Waals surface area contributed by atoms with Gasteiger partial charge in [-0.25, -0.2) is 0 Å². The summed E-state index contributed by atoms with van der Waals surface area (Å²) in [4.78, 5) is 77.7. The predicted octanol–water partition coefficient (Wildman–Crippen LogP) is 2.93. The Kier molecular flexibility index (Phi) is 11.3. The first-order chi connectivity index (χ1) is 21.0. The van der Waals surface area contributed by atoms with Crippen molar-refractivity contribution in [2.75, 3.05) is 13.1 Å². The van der Waals surface area contributed by atoms with E-state index in [1.54, 1.807) is 24.3 Å². The number of halogens is 2. The topological polar surface area (TPSA) is 157 Å². The molecule has 2 heterocycles. The minimum absolute atomic E-state index is 0.0544. The van der Waals surface area contributed by atoms with Gasteiger partial charge in [0.05, 0.1) is 31.0 Å². The van der Waals surface area contributed by atoms with Crippen LogP contribution in [0, 0.1) is 0 Å². The Morgan fingerprint density at radius 2 is 1.00 bits per heavy atom. The summed E-state index contributed by atoms with van der Waals surface area (Å²) in [5.41, 5.74) is 9.36. The molecule has 2 aromatic carbocycles. The van der Waals surface area contributed by atoms with Crippen molar-refractivity contribution in [3.05, 3.63) is 79.5 Å². The van der Waals surface area contributed by atoms with Crippen LogP contribution in [-0.2, 0) is 19.2 Å². The van der Waals surface area contributed by atoms with Gasteiger partial charge in [-0.3, -0.25) is 60.3 Å². The van der Waals surface area contributed by atoms with E-state index in [-0.39, 0.29) is 65.6 Å². The fourth-order valence-corrected chi connectivity index (χ4v) is 6.90. The maximum atomic E-state index is 13.1. The van der Waals surface area contributed by atoms with Gasteiger partial charge in [0, 0.05) is 25.9 Å². The van der Waals surface area contributed by atoms with E-state index in [9.17, 15) is 28.8 Å². The highest BCUT2D eigenvalue weighted by atomic mass is 35.5. The minimum atomic E-state index is -0.615. The van der Waals surface area contributed by atoms with Crippen LogP contribution in [0.4, 0.5) is 0 Å². The molecule has 2 aromatic rings. The Balaban J connectivity index is 1.27. The molecule has 0 aromatic heterocycles. The lowest BCUT2D eigenvalue weighted by Gasteiger charge is -2.15. The molecule has 44 heavy (non-hydrogen) atoms. The van der Waals surface area contributed by atoms with Gasteiger partial charge in [-0.2, -0.15) is 0 Å². The van der Waals surface area contributed by atoms with Gasteiger partial charge in [0.1, 0.15) is 8.64 Å². The highest BCUT2D eigenvalue weighted by Crippen LogP contribution is 2.42. The molecular weight excluding hydrogens is 691 g/mol. The van der Waals surface area contributed by atoms with Gasteiger partial charge in [-0.15, -0.1) is 0 Å². The van der Waals surface area contributed by atoms with Crippen LogP contribution in [0.2, 0.25) is 10.0 Å². The number of thiocarbonyl (C=S) groups is 2. The summed E-state index contributed by atoms with van der Waals surface area (Å²) in [6.07, 6.45) is -0.406. The summed E-state index contributed by atoms with van der Waals surface area (Å²) >= 11 is 24.3. The van der Waals surface area contributed by atoms with E-state index in [0.717, 1.165) is 23.5 Å². The largest absolute Gasteiger partial charge is 0.292 e. The number of nitrogens with zero attached hydrogens (tertiary/aromatic N) is 2. The lowest BCUT2D eigenvalue weighted by Crippen LogP contribution is -2.43. The summed E-state index contributed by atoms with van der Waals surface area (Å²) in [5.74, 6) is -3.56. The molecule has 2 saturated heterocycles. The molecule has 0 aliphatic carbocycles. The third-order valence-electron chi connectivity index (χ3n) is 5.90. The Morgan fingerprint density at radius 3 is 1.36 bits per heavy atom. The highest BCUT2D eigenvalue weighted by molar-refractivity contribution is 8.29. The molecular formula is C26H20Cl2N6O6S4. The SMILES string of the molecule is O=C(CCN1C(=O)/C(=C2\SC(=S)N(CCC(=O)NNC(=O)c3ccccc3Cl)C2=O)SC1=S)NNC(=O)c1ccccc1Cl. The van der Waals surface area contributed by atoms with Crippen LogP contribution in [0.25, 0.3) is 0 Å². The Hall–Kier alpha value is -3.54. The van der Waals surface area contributed by atoms with Gasteiger partial charge in [0.2, 0.25) is 11.8 Å². The molecule has 6 amide bonds. The van der Waals surface area contributed by atoms with Crippen LogP contribution in [0.1, 0.15) is 33.6 Å². The number of hydrogen-bond donors (Lipinski definition) is 4. The van der Waals surface area contributed by atoms with Crippen molar-refractivity contribution >= 4 is 115 Å². The van der Waals surface area contributed by atoms with Crippen LogP contribution in [-0.4, -0.2) is 67.0 Å². The average Bonchev–Trinajstić information content (AvgIpc) is 3.44. The zero-order chi connectivity index (χ0) is 32.0. The van der Waals surface area contributed by atoms with Gasteiger partial charge in [0.15, 0.2) is 0 Å². The summed E-state index contributed by atoms with van der Waals surface area (Å²) in [6, 6.07) is 12.6. The third kappa shape index (κ3) is 7.94. The van der Waals surface area contributed by atoms with Crippen LogP contribution in [0.3, 0.4) is 0 Å². The minimum Gasteiger partial charge on any atom is -0.292 e. The molecule has 0 saturated carbocycles. The summed E-state index contributed by atoms with van der Waals surface area (Å²) < 4.78 is 0.272. The maximum Gasteiger partial charge on any atom is 0.271 e. The summed E-state index contributed by atoms with van der Waals surface area (Å²) in [7, 11) is 0. The van der Waals surface area contributed by atoms with Gasteiger partial charge in [-0.1, -0.05) is 95.4 Å². The van der Waals surface area contributed by atoms with Gasteiger partial charge in [0.25, 0.3) is 23.6 Å². The third-order valence-corrected chi connectivity index (χ3v) is 9.58. The van der Waals surface area contributed by atoms with Crippen molar-refractivity contribution in [1.82, 2.24) is 31.5 Å². The average molecular weight is 712 g/mol. The number of thioether (sulfide) groups is 2. The number of hydrazine groups is 2. The smallest absolute Gasteiger partial charge is 0.271 e. The maximum absolute atomic E-state index is 13.1. The van der Waals surface area contributed by atoms with Crippen LogP contribution >= 0.6 is 71.2 Å². The fraction of sp³-hybridized carbons (Fsp3) is 0.154. The van der Waals surface area contributed by atoms with E-state index < -0.39 is 35.4 Å². The first-order valence-electron chi connectivity index (χ1n) is 12.5. The quantitative estimate of drug-likeness (QED) is 0.183. The predicted molar refractivity (Wildman–Crippen MR) is 174 cm³/mol. The number of benzene rings is 2. The summed E-state index contributed by atoms with van der Waals surface area (Å²) in [5, 5.41) is 0.423. The second-order valence-corrected chi connectivity index (χ2v) is 12.9. The second kappa shape index (κ2) is 15.0. The standard InChI is InChI=1S/C26H20Cl2N6O6S4/c27-15-7-3-1-5-13(15)21(37)31-29-17(35)9-11-33-23(39)19(43-25(33)41)20-24(40)34(26(42)44-20)12-10-18(36)30-32-22(38)14-6-2-4-8-16(14)28/h1-8H,9-12H2,(H,29,35)(H,30,36)(H,31,37)(H,32,38)/b20-19+. The first kappa shape index (κ1) is 33.4. The molecule has 18 heteroatoms. The monoisotopic (exact) mass is 710 g/mol. The van der Waals surface area contributed by atoms with Crippen LogP contribution in [0.15, 0.2) is 58.3 Å². The van der Waals surface area contributed by atoms with Crippen molar-refractivity contribution in [1.29, 1.82) is 0 Å². The van der Waals surface area contributed by atoms with Crippen molar-refractivity contribution in [3.63, 3.8) is 0 Å². The molecule has 228 valence electrons. The number of hydrogen-bond acceptors (Lipinski definition) is 10. The molecule has 4 N–H and O–H groups in total. The first-order valence-corrected chi connectivity index (χ1v) is 15.7. The zero-order valence-electron chi connectivity index (χ0n) is 22.2. The van der Waals surface area contributed by atoms with Gasteiger partial charge >= 0.3 is 0 Å². The Morgan fingerprint density at radius 1 is 0.636 bits per heavy atom. The Bertz CT molecular complexity index is 1520.